The van der Waals surface area contributed by atoms with E-state index in [0.717, 1.165) is 50.0 Å². The molecule has 3 fully saturated rings. The van der Waals surface area contributed by atoms with Crippen LogP contribution < -0.4 is 0 Å². The molecule has 0 bridgehead atoms. The predicted octanol–water partition coefficient (Wildman–Crippen LogP) is 3.11. The fourth-order valence-corrected chi connectivity index (χ4v) is 6.59. The van der Waals surface area contributed by atoms with Crippen LogP contribution in [0.3, 0.4) is 0 Å². The molecule has 1 aromatic carbocycles. The Morgan fingerprint density at radius 2 is 1.86 bits per heavy atom. The molecule has 2 aromatic rings. The van der Waals surface area contributed by atoms with Gasteiger partial charge in [-0.15, -0.1) is 0 Å². The number of likely N-dealkylation sites (tertiary alicyclic amines) is 2. The van der Waals surface area contributed by atoms with Gasteiger partial charge >= 0.3 is 0 Å². The molecule has 0 spiro atoms. The van der Waals surface area contributed by atoms with E-state index in [4.69, 9.17) is 0 Å². The van der Waals surface area contributed by atoms with Gasteiger partial charge in [0.1, 0.15) is 12.7 Å². The molecule has 2 aliphatic carbocycles. The molecular formula is C28H35FN4O3. The number of hydrogen-bond donors (Lipinski definition) is 1. The van der Waals surface area contributed by atoms with Crippen LogP contribution in [0.2, 0.25) is 0 Å². The highest BCUT2D eigenvalue weighted by Crippen LogP contribution is 2.57. The van der Waals surface area contributed by atoms with Gasteiger partial charge in [-0.3, -0.25) is 14.3 Å². The van der Waals surface area contributed by atoms with Crippen molar-refractivity contribution in [1.29, 1.82) is 0 Å². The van der Waals surface area contributed by atoms with E-state index in [2.05, 4.69) is 37.1 Å². The normalized spacial score (nSPS) is 27.7. The molecule has 7 nitrogen and oxygen atoms in total. The van der Waals surface area contributed by atoms with Crippen molar-refractivity contribution in [3.63, 3.8) is 0 Å². The second-order valence-electron chi connectivity index (χ2n) is 11.2. The summed E-state index contributed by atoms with van der Waals surface area (Å²) in [5.41, 5.74) is 6.44. The third-order valence-electron chi connectivity index (χ3n) is 9.06. The lowest BCUT2D eigenvalue weighted by molar-refractivity contribution is -0.133. The number of alkyl halides is 1. The topological polar surface area (TPSA) is 78.7 Å². The number of amides is 2. The number of carbonyl (C=O) groups excluding carboxylic acids is 2. The number of nitrogens with zero attached hydrogens (tertiary/aromatic N) is 4. The molecule has 36 heavy (non-hydrogen) atoms. The highest BCUT2D eigenvalue weighted by molar-refractivity contribution is 5.95. The van der Waals surface area contributed by atoms with Crippen LogP contribution in [0.5, 0.6) is 0 Å². The van der Waals surface area contributed by atoms with Crippen molar-refractivity contribution in [3.8, 4) is 0 Å². The molecule has 6 rings (SSSR count). The van der Waals surface area contributed by atoms with Gasteiger partial charge in [0.2, 0.25) is 5.91 Å². The van der Waals surface area contributed by atoms with E-state index in [0.29, 0.717) is 30.0 Å². The molecule has 4 aliphatic rings. The SMILES string of the molecule is Cc1cccc(C2CCN(C(=O)Cn3nc(C(=O)N4CC[C@H](O)[C@H](F)C4)c4c3C[C@@H]3C[C@H]43)CC2)c1C. The van der Waals surface area contributed by atoms with Gasteiger partial charge in [-0.1, -0.05) is 18.2 Å². The Hall–Kier alpha value is -2.74. The lowest BCUT2D eigenvalue weighted by Gasteiger charge is -2.33. The van der Waals surface area contributed by atoms with E-state index in [1.54, 1.807) is 4.68 Å². The predicted molar refractivity (Wildman–Crippen MR) is 133 cm³/mol. The number of aliphatic hydroxyl groups is 1. The quantitative estimate of drug-likeness (QED) is 0.709. The van der Waals surface area contributed by atoms with Crippen LogP contribution in [0.15, 0.2) is 18.2 Å². The largest absolute Gasteiger partial charge is 0.390 e. The first kappa shape index (κ1) is 23.6. The summed E-state index contributed by atoms with van der Waals surface area (Å²) in [7, 11) is 0. The summed E-state index contributed by atoms with van der Waals surface area (Å²) in [6.45, 7) is 6.15. The number of rotatable bonds is 4. The van der Waals surface area contributed by atoms with Gasteiger partial charge in [0, 0.05) is 30.9 Å². The van der Waals surface area contributed by atoms with Crippen LogP contribution in [0.4, 0.5) is 4.39 Å². The van der Waals surface area contributed by atoms with Gasteiger partial charge in [0.05, 0.1) is 12.6 Å². The van der Waals surface area contributed by atoms with Crippen LogP contribution in [0, 0.1) is 19.8 Å². The molecule has 0 radical (unpaired) electrons. The van der Waals surface area contributed by atoms with Gasteiger partial charge in [-0.05, 0) is 80.4 Å². The van der Waals surface area contributed by atoms with Crippen LogP contribution >= 0.6 is 0 Å². The fourth-order valence-electron chi connectivity index (χ4n) is 6.59. The second-order valence-corrected chi connectivity index (χ2v) is 11.2. The highest BCUT2D eigenvalue weighted by Gasteiger charge is 2.51. The first-order chi connectivity index (χ1) is 17.3. The zero-order chi connectivity index (χ0) is 25.1. The van der Waals surface area contributed by atoms with E-state index in [9.17, 15) is 19.1 Å². The van der Waals surface area contributed by atoms with Crippen LogP contribution in [-0.4, -0.2) is 75.0 Å². The lowest BCUT2D eigenvalue weighted by atomic mass is 9.85. The monoisotopic (exact) mass is 494 g/mol. The van der Waals surface area contributed by atoms with Gasteiger partial charge in [-0.25, -0.2) is 4.39 Å². The maximum Gasteiger partial charge on any atom is 0.274 e. The highest BCUT2D eigenvalue weighted by atomic mass is 19.1. The standard InChI is InChI=1S/C28H35FN4O3/c1-16-4-3-5-20(17(16)2)18-6-9-31(10-7-18)25(35)15-33-23-13-19-12-21(19)26(23)27(30-33)28(36)32-11-8-24(34)22(29)14-32/h3-5,18-19,21-22,24,34H,6-15H2,1-2H3/t19-,21-,22+,24-/m0/s1. The molecule has 8 heteroatoms. The number of fused-ring (bicyclic) bond motifs is 3. The average molecular weight is 495 g/mol. The number of aliphatic hydroxyl groups excluding tert-OH is 1. The Morgan fingerprint density at radius 3 is 2.61 bits per heavy atom. The van der Waals surface area contributed by atoms with Crippen molar-refractivity contribution < 1.29 is 19.1 Å². The Kier molecular flexibility index (Phi) is 5.90. The van der Waals surface area contributed by atoms with E-state index >= 15 is 0 Å². The van der Waals surface area contributed by atoms with Crippen LogP contribution in [0.25, 0.3) is 0 Å². The van der Waals surface area contributed by atoms with E-state index < -0.39 is 12.3 Å². The van der Waals surface area contributed by atoms with E-state index in [1.807, 2.05) is 4.90 Å². The smallest absolute Gasteiger partial charge is 0.274 e. The maximum absolute atomic E-state index is 14.1. The Morgan fingerprint density at radius 1 is 1.11 bits per heavy atom. The van der Waals surface area contributed by atoms with E-state index in [-0.39, 0.29) is 31.3 Å². The summed E-state index contributed by atoms with van der Waals surface area (Å²) in [6, 6.07) is 6.49. The third kappa shape index (κ3) is 4.03. The van der Waals surface area contributed by atoms with Gasteiger partial charge in [-0.2, -0.15) is 5.10 Å². The fraction of sp³-hybridized carbons (Fsp3) is 0.607. The minimum atomic E-state index is -1.43. The summed E-state index contributed by atoms with van der Waals surface area (Å²) in [5, 5.41) is 14.4. The molecule has 1 N–H and O–H groups in total. The minimum Gasteiger partial charge on any atom is -0.390 e. The van der Waals surface area contributed by atoms with Crippen LogP contribution in [0.1, 0.15) is 76.0 Å². The zero-order valence-electron chi connectivity index (χ0n) is 21.1. The number of hydrogen-bond acceptors (Lipinski definition) is 4. The summed E-state index contributed by atoms with van der Waals surface area (Å²) < 4.78 is 15.9. The summed E-state index contributed by atoms with van der Waals surface area (Å²) in [6.07, 6.45) is 1.61. The molecular weight excluding hydrogens is 459 g/mol. The summed E-state index contributed by atoms with van der Waals surface area (Å²) in [4.78, 5) is 30.0. The van der Waals surface area contributed by atoms with Gasteiger partial charge in [0.25, 0.3) is 5.91 Å². The first-order valence-electron chi connectivity index (χ1n) is 13.4. The molecule has 2 aliphatic heterocycles. The molecule has 1 saturated carbocycles. The van der Waals surface area contributed by atoms with Crippen molar-refractivity contribution in [3.05, 3.63) is 51.8 Å². The van der Waals surface area contributed by atoms with Crippen molar-refractivity contribution in [2.24, 2.45) is 5.92 Å². The Balaban J connectivity index is 1.15. The molecule has 4 atom stereocenters. The number of benzene rings is 1. The molecule has 0 unspecified atom stereocenters. The van der Waals surface area contributed by atoms with Crippen molar-refractivity contribution >= 4 is 11.8 Å². The van der Waals surface area contributed by atoms with Crippen molar-refractivity contribution in [1.82, 2.24) is 19.6 Å². The Labute approximate surface area is 211 Å². The second kappa shape index (κ2) is 8.98. The van der Waals surface area contributed by atoms with Gasteiger partial charge in [0.15, 0.2) is 5.69 Å². The number of piperidine rings is 2. The third-order valence-corrected chi connectivity index (χ3v) is 9.06. The molecule has 2 amide bonds. The molecule has 3 heterocycles. The number of carbonyl (C=O) groups is 2. The van der Waals surface area contributed by atoms with Crippen LogP contribution in [-0.2, 0) is 17.8 Å². The zero-order valence-corrected chi connectivity index (χ0v) is 21.1. The van der Waals surface area contributed by atoms with Crippen molar-refractivity contribution in [2.45, 2.75) is 76.6 Å². The van der Waals surface area contributed by atoms with Crippen molar-refractivity contribution in [2.75, 3.05) is 26.2 Å². The summed E-state index contributed by atoms with van der Waals surface area (Å²) in [5.74, 6) is 1.13. The number of aryl methyl sites for hydroxylation is 1. The summed E-state index contributed by atoms with van der Waals surface area (Å²) >= 11 is 0. The average Bonchev–Trinajstić information content (AvgIpc) is 3.40. The van der Waals surface area contributed by atoms with Gasteiger partial charge < -0.3 is 14.9 Å². The first-order valence-corrected chi connectivity index (χ1v) is 13.4. The van der Waals surface area contributed by atoms with E-state index in [1.165, 1.54) is 21.6 Å². The lowest BCUT2D eigenvalue weighted by Crippen LogP contribution is -2.47. The minimum absolute atomic E-state index is 0.0456. The number of aromatic nitrogens is 2. The Bertz CT molecular complexity index is 1200. The molecule has 2 saturated heterocycles. The maximum atomic E-state index is 14.1. The molecule has 192 valence electrons. The molecule has 1 aromatic heterocycles. The number of halogens is 1.